The number of aromatic nitrogens is 2. The summed E-state index contributed by atoms with van der Waals surface area (Å²) in [5.74, 6) is -1.79. The molecule has 14 heteroatoms. The molecule has 45 heavy (non-hydrogen) atoms. The smallest absolute Gasteiger partial charge is 0.460 e. The SMILES string of the molecule is C=C[C@@H](O[P@](=O)(N[C@@H](C)C(=O)OCc1ccccc1)Oc1cccc2ccccc12)[C@H]1O[C@@H](n2cc(F)c(=O)[nH]c2=O)C[C@@H]1O. The number of rotatable bonds is 12. The first-order valence-corrected chi connectivity index (χ1v) is 15.5. The highest BCUT2D eigenvalue weighted by Crippen LogP contribution is 2.49. The Labute approximate surface area is 256 Å². The molecule has 0 aliphatic carbocycles. The van der Waals surface area contributed by atoms with Gasteiger partial charge in [-0.1, -0.05) is 72.8 Å². The van der Waals surface area contributed by atoms with Gasteiger partial charge in [0.2, 0.25) is 5.82 Å². The van der Waals surface area contributed by atoms with Gasteiger partial charge in [-0.15, -0.1) is 6.58 Å². The van der Waals surface area contributed by atoms with E-state index in [0.717, 1.165) is 15.5 Å². The van der Waals surface area contributed by atoms with Gasteiger partial charge in [-0.2, -0.15) is 9.48 Å². The summed E-state index contributed by atoms with van der Waals surface area (Å²) < 4.78 is 52.3. The summed E-state index contributed by atoms with van der Waals surface area (Å²) in [5, 5.41) is 14.9. The molecule has 1 aromatic heterocycles. The molecule has 5 rings (SSSR count). The molecule has 3 N–H and O–H groups in total. The Bertz CT molecular complexity index is 1840. The molecular weight excluding hydrogens is 608 g/mol. The first-order valence-electron chi connectivity index (χ1n) is 14.0. The number of aliphatic hydroxyl groups is 1. The molecule has 1 saturated heterocycles. The fourth-order valence-corrected chi connectivity index (χ4v) is 6.52. The first kappa shape index (κ1) is 32.0. The second-order valence-electron chi connectivity index (χ2n) is 10.3. The molecule has 0 spiro atoms. The van der Waals surface area contributed by atoms with Gasteiger partial charge >= 0.3 is 19.4 Å². The van der Waals surface area contributed by atoms with Crippen molar-refractivity contribution in [2.45, 2.75) is 50.5 Å². The highest BCUT2D eigenvalue weighted by molar-refractivity contribution is 7.52. The predicted molar refractivity (Wildman–Crippen MR) is 162 cm³/mol. The first-order chi connectivity index (χ1) is 21.6. The van der Waals surface area contributed by atoms with Crippen LogP contribution in [-0.2, 0) is 30.0 Å². The van der Waals surface area contributed by atoms with E-state index in [9.17, 15) is 28.4 Å². The lowest BCUT2D eigenvalue weighted by atomic mass is 10.1. The van der Waals surface area contributed by atoms with Gasteiger partial charge in [-0.05, 0) is 23.9 Å². The highest BCUT2D eigenvalue weighted by atomic mass is 31.2. The number of H-pyrrole nitrogens is 1. The van der Waals surface area contributed by atoms with Crippen LogP contribution in [0.4, 0.5) is 4.39 Å². The van der Waals surface area contributed by atoms with E-state index in [-0.39, 0.29) is 18.8 Å². The fourth-order valence-electron chi connectivity index (χ4n) is 4.84. The Morgan fingerprint density at radius 3 is 2.64 bits per heavy atom. The standard InChI is InChI=1S/C31H31FN3O9P/c1-3-25(28-24(36)16-27(42-28)35-17-23(32)29(37)33-31(35)39)43-45(40,44-26-15-9-13-21-12-7-8-14-22(21)26)34-19(2)30(38)41-18-20-10-5-4-6-11-20/h3-15,17,19,24-25,27-28,36H,1,16,18H2,2H3,(H,34,40)(H,33,37,39)/t19-,24-,25+,27+,28-,45+/m0/s1. The van der Waals surface area contributed by atoms with Crippen molar-refractivity contribution < 1.29 is 37.4 Å². The minimum atomic E-state index is -4.51. The molecule has 6 atom stereocenters. The zero-order valence-corrected chi connectivity index (χ0v) is 25.0. The van der Waals surface area contributed by atoms with Crippen LogP contribution in [0.25, 0.3) is 10.8 Å². The molecular formula is C31H31FN3O9P. The van der Waals surface area contributed by atoms with Crippen LogP contribution in [-0.4, -0.2) is 45.0 Å². The summed E-state index contributed by atoms with van der Waals surface area (Å²) in [6.07, 6.45) is -3.41. The lowest BCUT2D eigenvalue weighted by Gasteiger charge is -2.29. The van der Waals surface area contributed by atoms with Crippen LogP contribution in [0.5, 0.6) is 5.75 Å². The van der Waals surface area contributed by atoms with Crippen molar-refractivity contribution in [3.8, 4) is 5.75 Å². The molecule has 0 bridgehead atoms. The molecule has 0 radical (unpaired) electrons. The van der Waals surface area contributed by atoms with E-state index in [4.69, 9.17) is 18.5 Å². The van der Waals surface area contributed by atoms with Crippen molar-refractivity contribution >= 4 is 24.5 Å². The van der Waals surface area contributed by atoms with Crippen LogP contribution < -0.4 is 20.9 Å². The Kier molecular flexibility index (Phi) is 9.76. The summed E-state index contributed by atoms with van der Waals surface area (Å²) in [6, 6.07) is 20.1. The number of carbonyl (C=O) groups excluding carboxylic acids is 1. The monoisotopic (exact) mass is 639 g/mol. The highest BCUT2D eigenvalue weighted by Gasteiger charge is 2.44. The zero-order valence-electron chi connectivity index (χ0n) is 24.1. The lowest BCUT2D eigenvalue weighted by Crippen LogP contribution is -2.40. The van der Waals surface area contributed by atoms with Gasteiger partial charge in [0.05, 0.1) is 12.3 Å². The van der Waals surface area contributed by atoms with E-state index < -0.39 is 61.4 Å². The van der Waals surface area contributed by atoms with Crippen molar-refractivity contribution in [1.82, 2.24) is 14.6 Å². The van der Waals surface area contributed by atoms with Crippen molar-refractivity contribution in [1.29, 1.82) is 0 Å². The van der Waals surface area contributed by atoms with Gasteiger partial charge in [0, 0.05) is 11.8 Å². The molecule has 12 nitrogen and oxygen atoms in total. The van der Waals surface area contributed by atoms with E-state index in [1.807, 2.05) is 29.2 Å². The average molecular weight is 640 g/mol. The third-order valence-corrected chi connectivity index (χ3v) is 8.75. The van der Waals surface area contributed by atoms with Crippen molar-refractivity contribution in [3.63, 3.8) is 0 Å². The summed E-state index contributed by atoms with van der Waals surface area (Å²) in [5.41, 5.74) is -1.41. The van der Waals surface area contributed by atoms with E-state index in [1.165, 1.54) is 13.0 Å². The van der Waals surface area contributed by atoms with Gasteiger partial charge < -0.3 is 19.1 Å². The number of benzene rings is 3. The van der Waals surface area contributed by atoms with Gasteiger partial charge in [0.25, 0.3) is 5.56 Å². The topological polar surface area (TPSA) is 158 Å². The maximum absolute atomic E-state index is 14.4. The van der Waals surface area contributed by atoms with Gasteiger partial charge in [0.15, 0.2) is 0 Å². The number of halogens is 1. The Morgan fingerprint density at radius 2 is 1.89 bits per heavy atom. The Hall–Kier alpha value is -4.39. The summed E-state index contributed by atoms with van der Waals surface area (Å²) >= 11 is 0. The van der Waals surface area contributed by atoms with Gasteiger partial charge in [-0.25, -0.2) is 9.36 Å². The van der Waals surface area contributed by atoms with Crippen LogP contribution in [0, 0.1) is 5.82 Å². The van der Waals surface area contributed by atoms with E-state index >= 15 is 0 Å². The van der Waals surface area contributed by atoms with Crippen LogP contribution in [0.15, 0.2) is 101 Å². The third-order valence-electron chi connectivity index (χ3n) is 7.09. The van der Waals surface area contributed by atoms with E-state index in [1.54, 1.807) is 48.5 Å². The van der Waals surface area contributed by atoms with Gasteiger partial charge in [-0.3, -0.25) is 23.7 Å². The maximum atomic E-state index is 14.4. The van der Waals surface area contributed by atoms with Crippen molar-refractivity contribution in [3.05, 3.63) is 124 Å². The minimum absolute atomic E-state index is 0.0233. The molecule has 1 fully saturated rings. The molecule has 1 aliphatic heterocycles. The number of aromatic amines is 1. The molecule has 1 aliphatic rings. The van der Waals surface area contributed by atoms with Crippen molar-refractivity contribution in [2.75, 3.05) is 0 Å². The van der Waals surface area contributed by atoms with E-state index in [0.29, 0.717) is 11.6 Å². The molecule has 4 aromatic rings. The average Bonchev–Trinajstić information content (AvgIpc) is 3.42. The quantitative estimate of drug-likeness (QED) is 0.118. The lowest BCUT2D eigenvalue weighted by molar-refractivity contribution is -0.146. The van der Waals surface area contributed by atoms with Gasteiger partial charge in [0.1, 0.15) is 36.8 Å². The Morgan fingerprint density at radius 1 is 1.18 bits per heavy atom. The normalized spacial score (nSPS) is 20.6. The Balaban J connectivity index is 1.40. The fraction of sp³-hybridized carbons (Fsp3) is 0.258. The molecule has 2 heterocycles. The van der Waals surface area contributed by atoms with Crippen LogP contribution in [0.3, 0.4) is 0 Å². The number of carbonyl (C=O) groups is 1. The zero-order chi connectivity index (χ0) is 32.1. The van der Waals surface area contributed by atoms with Crippen LogP contribution >= 0.6 is 7.75 Å². The predicted octanol–water partition coefficient (Wildman–Crippen LogP) is 3.96. The van der Waals surface area contributed by atoms with Crippen LogP contribution in [0.2, 0.25) is 0 Å². The number of hydrogen-bond donors (Lipinski definition) is 3. The number of fused-ring (bicyclic) bond motifs is 1. The van der Waals surface area contributed by atoms with Crippen molar-refractivity contribution in [2.24, 2.45) is 0 Å². The molecule has 0 amide bonds. The maximum Gasteiger partial charge on any atom is 0.460 e. The second-order valence-corrected chi connectivity index (χ2v) is 12.0. The molecule has 3 aromatic carbocycles. The number of hydrogen-bond acceptors (Lipinski definition) is 9. The molecule has 0 unspecified atom stereocenters. The molecule has 236 valence electrons. The summed E-state index contributed by atoms with van der Waals surface area (Å²) in [6.45, 7) is 5.11. The number of ether oxygens (including phenoxy) is 2. The van der Waals surface area contributed by atoms with Crippen LogP contribution in [0.1, 0.15) is 25.1 Å². The largest absolute Gasteiger partial charge is 0.460 e. The summed E-state index contributed by atoms with van der Waals surface area (Å²) in [4.78, 5) is 38.5. The minimum Gasteiger partial charge on any atom is -0.460 e. The number of aliphatic hydroxyl groups excluding tert-OH is 1. The second kappa shape index (κ2) is 13.7. The molecule has 0 saturated carbocycles. The third kappa shape index (κ3) is 7.47. The number of nitrogens with zero attached hydrogens (tertiary/aromatic N) is 1. The van der Waals surface area contributed by atoms with E-state index in [2.05, 4.69) is 11.7 Å². The number of nitrogens with one attached hydrogen (secondary N) is 2. The number of esters is 1. The summed E-state index contributed by atoms with van der Waals surface area (Å²) in [7, 11) is -4.51.